The monoisotopic (exact) mass is 228 g/mol. The first kappa shape index (κ1) is 11.2. The molecule has 86 valence electrons. The van der Waals surface area contributed by atoms with Crippen LogP contribution in [-0.2, 0) is 11.0 Å². The lowest BCUT2D eigenvalue weighted by atomic mass is 10.0. The molecule has 0 heterocycles. The third-order valence-corrected chi connectivity index (χ3v) is 2.95. The SMILES string of the molecule is CC(=O)[C@H]1CC1c1cccc(C(F)(F)F)c1. The standard InChI is InChI=1S/C12H11F3O/c1-7(16)10-6-11(10)8-3-2-4-9(5-8)12(13,14)15/h2-5,10-11H,6H2,1H3/t10-,11?/m1/s1. The van der Waals surface area contributed by atoms with Gasteiger partial charge in [0.2, 0.25) is 0 Å². The van der Waals surface area contributed by atoms with Gasteiger partial charge < -0.3 is 0 Å². The van der Waals surface area contributed by atoms with Crippen molar-refractivity contribution in [2.24, 2.45) is 5.92 Å². The zero-order chi connectivity index (χ0) is 11.9. The second kappa shape index (κ2) is 3.61. The summed E-state index contributed by atoms with van der Waals surface area (Å²) in [6, 6.07) is 5.25. The molecule has 1 aromatic rings. The lowest BCUT2D eigenvalue weighted by Gasteiger charge is -2.08. The molecule has 0 spiro atoms. The summed E-state index contributed by atoms with van der Waals surface area (Å²) in [5, 5.41) is 0. The van der Waals surface area contributed by atoms with Gasteiger partial charge in [0.15, 0.2) is 0 Å². The van der Waals surface area contributed by atoms with Crippen molar-refractivity contribution in [3.63, 3.8) is 0 Å². The molecule has 0 amide bonds. The van der Waals surface area contributed by atoms with E-state index in [1.54, 1.807) is 6.07 Å². The van der Waals surface area contributed by atoms with Gasteiger partial charge in [-0.25, -0.2) is 0 Å². The van der Waals surface area contributed by atoms with Gasteiger partial charge in [0.1, 0.15) is 5.78 Å². The summed E-state index contributed by atoms with van der Waals surface area (Å²) in [5.41, 5.74) is -0.0192. The lowest BCUT2D eigenvalue weighted by Crippen LogP contribution is -2.05. The van der Waals surface area contributed by atoms with Gasteiger partial charge >= 0.3 is 6.18 Å². The van der Waals surface area contributed by atoms with E-state index < -0.39 is 11.7 Å². The number of benzene rings is 1. The highest BCUT2D eigenvalue weighted by Crippen LogP contribution is 2.48. The molecule has 0 radical (unpaired) electrons. The molecular weight excluding hydrogens is 217 g/mol. The quantitative estimate of drug-likeness (QED) is 0.758. The molecule has 0 saturated heterocycles. The van der Waals surface area contributed by atoms with Crippen LogP contribution in [0.2, 0.25) is 0 Å². The highest BCUT2D eigenvalue weighted by Gasteiger charge is 2.42. The third kappa shape index (κ3) is 2.10. The average molecular weight is 228 g/mol. The van der Waals surface area contributed by atoms with Crippen LogP contribution in [0.25, 0.3) is 0 Å². The van der Waals surface area contributed by atoms with Gasteiger partial charge in [-0.05, 0) is 30.9 Å². The van der Waals surface area contributed by atoms with E-state index in [9.17, 15) is 18.0 Å². The third-order valence-electron chi connectivity index (χ3n) is 2.95. The molecule has 1 aromatic carbocycles. The zero-order valence-electron chi connectivity index (χ0n) is 8.71. The minimum absolute atomic E-state index is 0.0141. The van der Waals surface area contributed by atoms with Gasteiger partial charge in [-0.1, -0.05) is 18.2 Å². The van der Waals surface area contributed by atoms with Crippen LogP contribution in [0.4, 0.5) is 13.2 Å². The Balaban J connectivity index is 2.22. The summed E-state index contributed by atoms with van der Waals surface area (Å²) in [5.74, 6) is -0.0364. The van der Waals surface area contributed by atoms with E-state index in [0.29, 0.717) is 12.0 Å². The predicted molar refractivity (Wildman–Crippen MR) is 53.0 cm³/mol. The fraction of sp³-hybridized carbons (Fsp3) is 0.417. The minimum Gasteiger partial charge on any atom is -0.300 e. The van der Waals surface area contributed by atoms with Gasteiger partial charge in [0, 0.05) is 5.92 Å². The maximum Gasteiger partial charge on any atom is 0.416 e. The largest absolute Gasteiger partial charge is 0.416 e. The summed E-state index contributed by atoms with van der Waals surface area (Å²) < 4.78 is 37.3. The smallest absolute Gasteiger partial charge is 0.300 e. The number of alkyl halides is 3. The van der Waals surface area contributed by atoms with Gasteiger partial charge in [0.25, 0.3) is 0 Å². The Morgan fingerprint density at radius 1 is 1.38 bits per heavy atom. The molecule has 2 rings (SSSR count). The first-order valence-corrected chi connectivity index (χ1v) is 5.07. The maximum atomic E-state index is 12.4. The van der Waals surface area contributed by atoms with Crippen molar-refractivity contribution in [2.45, 2.75) is 25.4 Å². The van der Waals surface area contributed by atoms with Gasteiger partial charge in [-0.15, -0.1) is 0 Å². The lowest BCUT2D eigenvalue weighted by molar-refractivity contribution is -0.137. The molecule has 0 aliphatic heterocycles. The Morgan fingerprint density at radius 3 is 2.56 bits per heavy atom. The van der Waals surface area contributed by atoms with Crippen molar-refractivity contribution < 1.29 is 18.0 Å². The Morgan fingerprint density at radius 2 is 2.06 bits per heavy atom. The van der Waals surface area contributed by atoms with Crippen LogP contribution in [-0.4, -0.2) is 5.78 Å². The van der Waals surface area contributed by atoms with Crippen LogP contribution < -0.4 is 0 Å². The molecule has 1 aliphatic carbocycles. The van der Waals surface area contributed by atoms with Crippen molar-refractivity contribution in [3.8, 4) is 0 Å². The molecule has 1 unspecified atom stereocenters. The summed E-state index contributed by atoms with van der Waals surface area (Å²) in [6.45, 7) is 1.48. The van der Waals surface area contributed by atoms with Crippen molar-refractivity contribution in [3.05, 3.63) is 35.4 Å². The van der Waals surface area contributed by atoms with Crippen molar-refractivity contribution in [2.75, 3.05) is 0 Å². The van der Waals surface area contributed by atoms with Gasteiger partial charge in [-0.2, -0.15) is 13.2 Å². The fourth-order valence-corrected chi connectivity index (χ4v) is 1.96. The highest BCUT2D eigenvalue weighted by molar-refractivity contribution is 5.82. The molecule has 0 N–H and O–H groups in total. The van der Waals surface area contributed by atoms with Crippen LogP contribution in [0.3, 0.4) is 0 Å². The fourth-order valence-electron chi connectivity index (χ4n) is 1.96. The normalized spacial score (nSPS) is 24.2. The number of Topliss-reactive ketones (excluding diaryl/α,β-unsaturated/α-hetero) is 1. The molecule has 1 fully saturated rings. The van der Waals surface area contributed by atoms with Crippen molar-refractivity contribution in [1.29, 1.82) is 0 Å². The highest BCUT2D eigenvalue weighted by atomic mass is 19.4. The second-order valence-corrected chi connectivity index (χ2v) is 4.18. The van der Waals surface area contributed by atoms with E-state index in [-0.39, 0.29) is 17.6 Å². The van der Waals surface area contributed by atoms with Crippen LogP contribution in [0, 0.1) is 5.92 Å². The summed E-state index contributed by atoms with van der Waals surface area (Å²) in [7, 11) is 0. The van der Waals surface area contributed by atoms with E-state index in [2.05, 4.69) is 0 Å². The molecule has 16 heavy (non-hydrogen) atoms. The summed E-state index contributed by atoms with van der Waals surface area (Å²) in [6.07, 6.45) is -3.63. The van der Waals surface area contributed by atoms with E-state index in [4.69, 9.17) is 0 Å². The van der Waals surface area contributed by atoms with Crippen molar-refractivity contribution >= 4 is 5.78 Å². The van der Waals surface area contributed by atoms with E-state index >= 15 is 0 Å². The second-order valence-electron chi connectivity index (χ2n) is 4.18. The first-order chi connectivity index (χ1) is 7.39. The number of halogens is 3. The molecule has 1 saturated carbocycles. The number of carbonyl (C=O) groups excluding carboxylic acids is 1. The topological polar surface area (TPSA) is 17.1 Å². The summed E-state index contributed by atoms with van der Waals surface area (Å²) >= 11 is 0. The zero-order valence-corrected chi connectivity index (χ0v) is 8.71. The van der Waals surface area contributed by atoms with Crippen molar-refractivity contribution in [1.82, 2.24) is 0 Å². The van der Waals surface area contributed by atoms with Crippen LogP contribution in [0.1, 0.15) is 30.4 Å². The Labute approximate surface area is 91.3 Å². The number of rotatable bonds is 2. The maximum absolute atomic E-state index is 12.4. The number of carbonyl (C=O) groups is 1. The van der Waals surface area contributed by atoms with Crippen LogP contribution >= 0.6 is 0 Å². The number of hydrogen-bond donors (Lipinski definition) is 0. The van der Waals surface area contributed by atoms with E-state index in [0.717, 1.165) is 12.1 Å². The molecule has 2 atom stereocenters. The predicted octanol–water partition coefficient (Wildman–Crippen LogP) is 3.40. The molecule has 1 aliphatic rings. The Bertz CT molecular complexity index is 423. The molecular formula is C12H11F3O. The average Bonchev–Trinajstić information content (AvgIpc) is 2.96. The first-order valence-electron chi connectivity index (χ1n) is 5.07. The molecule has 0 aromatic heterocycles. The number of hydrogen-bond acceptors (Lipinski definition) is 1. The number of ketones is 1. The summed E-state index contributed by atoms with van der Waals surface area (Å²) in [4.78, 5) is 11.0. The van der Waals surface area contributed by atoms with Gasteiger partial charge in [0.05, 0.1) is 5.56 Å². The Kier molecular flexibility index (Phi) is 2.52. The Hall–Kier alpha value is -1.32. The van der Waals surface area contributed by atoms with E-state index in [1.807, 2.05) is 0 Å². The van der Waals surface area contributed by atoms with Crippen LogP contribution in [0.5, 0.6) is 0 Å². The molecule has 0 bridgehead atoms. The molecule has 1 nitrogen and oxygen atoms in total. The van der Waals surface area contributed by atoms with Crippen LogP contribution in [0.15, 0.2) is 24.3 Å². The molecule has 4 heteroatoms. The van der Waals surface area contributed by atoms with E-state index in [1.165, 1.54) is 13.0 Å². The minimum atomic E-state index is -4.31. The van der Waals surface area contributed by atoms with Gasteiger partial charge in [-0.3, -0.25) is 4.79 Å².